The number of sulfonamides is 1. The first-order valence-electron chi connectivity index (χ1n) is 5.11. The van der Waals surface area contributed by atoms with Gasteiger partial charge in [0.15, 0.2) is 0 Å². The van der Waals surface area contributed by atoms with Gasteiger partial charge in [-0.2, -0.15) is 13.2 Å². The number of aromatic nitrogens is 1. The SMILES string of the molecule is CCNc1ncc(S(=O)(=O)NCC(F)(F)F)cc1Cl. The number of hydrogen-bond donors (Lipinski definition) is 2. The van der Waals surface area contributed by atoms with Crippen LogP contribution in [-0.4, -0.2) is 32.7 Å². The van der Waals surface area contributed by atoms with E-state index in [2.05, 4.69) is 10.3 Å². The fourth-order valence-corrected chi connectivity index (χ4v) is 2.41. The van der Waals surface area contributed by atoms with Crippen molar-refractivity contribution < 1.29 is 21.6 Å². The van der Waals surface area contributed by atoms with E-state index in [4.69, 9.17) is 11.6 Å². The molecule has 0 bridgehead atoms. The topological polar surface area (TPSA) is 71.1 Å². The zero-order valence-electron chi connectivity index (χ0n) is 9.75. The fraction of sp³-hybridized carbons (Fsp3) is 0.444. The molecule has 0 spiro atoms. The van der Waals surface area contributed by atoms with Crippen LogP contribution in [0.5, 0.6) is 0 Å². The van der Waals surface area contributed by atoms with Gasteiger partial charge in [0, 0.05) is 12.7 Å². The number of nitrogens with zero attached hydrogens (tertiary/aromatic N) is 1. The van der Waals surface area contributed by atoms with Crippen molar-refractivity contribution in [2.24, 2.45) is 0 Å². The predicted octanol–water partition coefficient (Wildman–Crippen LogP) is 2.01. The lowest BCUT2D eigenvalue weighted by Crippen LogP contribution is -2.33. The van der Waals surface area contributed by atoms with E-state index in [0.717, 1.165) is 12.3 Å². The maximum Gasteiger partial charge on any atom is 0.402 e. The molecule has 1 aromatic rings. The van der Waals surface area contributed by atoms with Gasteiger partial charge in [0.05, 0.1) is 5.02 Å². The highest BCUT2D eigenvalue weighted by Gasteiger charge is 2.30. The summed E-state index contributed by atoms with van der Waals surface area (Å²) in [6, 6.07) is 1.03. The van der Waals surface area contributed by atoms with Gasteiger partial charge in [-0.3, -0.25) is 0 Å². The molecule has 2 N–H and O–H groups in total. The van der Waals surface area contributed by atoms with Crippen LogP contribution in [0.1, 0.15) is 6.92 Å². The first-order valence-corrected chi connectivity index (χ1v) is 6.97. The van der Waals surface area contributed by atoms with Crippen LogP contribution in [0.4, 0.5) is 19.0 Å². The Hall–Kier alpha value is -1.06. The molecule has 0 aliphatic rings. The molecular formula is C9H11ClF3N3O2S. The van der Waals surface area contributed by atoms with Gasteiger partial charge in [-0.25, -0.2) is 18.1 Å². The van der Waals surface area contributed by atoms with Crippen LogP contribution in [-0.2, 0) is 10.0 Å². The van der Waals surface area contributed by atoms with Crippen LogP contribution in [0.25, 0.3) is 0 Å². The van der Waals surface area contributed by atoms with Crippen molar-refractivity contribution >= 4 is 27.4 Å². The van der Waals surface area contributed by atoms with Crippen LogP contribution in [0.15, 0.2) is 17.2 Å². The number of alkyl halides is 3. The lowest BCUT2D eigenvalue weighted by atomic mass is 10.4. The van der Waals surface area contributed by atoms with E-state index in [-0.39, 0.29) is 10.8 Å². The van der Waals surface area contributed by atoms with E-state index in [1.807, 2.05) is 0 Å². The number of anilines is 1. The van der Waals surface area contributed by atoms with Crippen molar-refractivity contribution in [3.05, 3.63) is 17.3 Å². The zero-order chi connectivity index (χ0) is 14.7. The molecule has 1 heterocycles. The maximum absolute atomic E-state index is 12.0. The Morgan fingerprint density at radius 3 is 2.53 bits per heavy atom. The summed E-state index contributed by atoms with van der Waals surface area (Å²) in [5, 5.41) is 2.78. The molecule has 0 amide bonds. The average Bonchev–Trinajstić information content (AvgIpc) is 2.29. The second kappa shape index (κ2) is 5.93. The molecule has 0 saturated heterocycles. The summed E-state index contributed by atoms with van der Waals surface area (Å²) in [6.45, 7) is 0.653. The second-order valence-corrected chi connectivity index (χ2v) is 5.65. The Morgan fingerprint density at radius 2 is 2.05 bits per heavy atom. The molecule has 0 saturated carbocycles. The maximum atomic E-state index is 12.0. The van der Waals surface area contributed by atoms with Gasteiger partial charge >= 0.3 is 6.18 Å². The summed E-state index contributed by atoms with van der Waals surface area (Å²) in [6.07, 6.45) is -3.70. The van der Waals surface area contributed by atoms with E-state index in [0.29, 0.717) is 6.54 Å². The third-order valence-corrected chi connectivity index (χ3v) is 3.59. The minimum absolute atomic E-state index is 0.0109. The first-order chi connectivity index (χ1) is 8.65. The van der Waals surface area contributed by atoms with Gasteiger partial charge < -0.3 is 5.32 Å². The van der Waals surface area contributed by atoms with Crippen molar-refractivity contribution in [2.75, 3.05) is 18.4 Å². The van der Waals surface area contributed by atoms with Crippen molar-refractivity contribution in [2.45, 2.75) is 18.0 Å². The molecule has 0 radical (unpaired) electrons. The predicted molar refractivity (Wildman–Crippen MR) is 64.7 cm³/mol. The van der Waals surface area contributed by atoms with Gasteiger partial charge in [0.1, 0.15) is 17.3 Å². The van der Waals surface area contributed by atoms with Crippen LogP contribution < -0.4 is 10.0 Å². The van der Waals surface area contributed by atoms with Crippen molar-refractivity contribution in [3.63, 3.8) is 0 Å². The van der Waals surface area contributed by atoms with E-state index in [1.54, 1.807) is 6.92 Å². The van der Waals surface area contributed by atoms with E-state index in [9.17, 15) is 21.6 Å². The van der Waals surface area contributed by atoms with Crippen molar-refractivity contribution in [1.82, 2.24) is 9.71 Å². The van der Waals surface area contributed by atoms with E-state index < -0.39 is 27.6 Å². The van der Waals surface area contributed by atoms with E-state index >= 15 is 0 Å². The normalized spacial score (nSPS) is 12.5. The Morgan fingerprint density at radius 1 is 1.42 bits per heavy atom. The molecule has 5 nitrogen and oxygen atoms in total. The number of hydrogen-bond acceptors (Lipinski definition) is 4. The Bertz CT molecular complexity index is 548. The highest BCUT2D eigenvalue weighted by atomic mass is 35.5. The summed E-state index contributed by atoms with van der Waals surface area (Å²) in [5.41, 5.74) is 0. The summed E-state index contributed by atoms with van der Waals surface area (Å²) < 4.78 is 60.5. The number of nitrogens with one attached hydrogen (secondary N) is 2. The molecule has 19 heavy (non-hydrogen) atoms. The molecule has 0 fully saturated rings. The second-order valence-electron chi connectivity index (χ2n) is 3.47. The van der Waals surface area contributed by atoms with Crippen LogP contribution in [0, 0.1) is 0 Å². The lowest BCUT2D eigenvalue weighted by Gasteiger charge is -2.10. The monoisotopic (exact) mass is 317 g/mol. The third kappa shape index (κ3) is 4.84. The smallest absolute Gasteiger partial charge is 0.369 e. The molecule has 0 atom stereocenters. The molecule has 0 aliphatic carbocycles. The molecule has 0 aromatic carbocycles. The highest BCUT2D eigenvalue weighted by molar-refractivity contribution is 7.89. The number of pyridine rings is 1. The highest BCUT2D eigenvalue weighted by Crippen LogP contribution is 2.22. The molecule has 1 aromatic heterocycles. The van der Waals surface area contributed by atoms with Crippen LogP contribution in [0.3, 0.4) is 0 Å². The summed E-state index contributed by atoms with van der Waals surface area (Å²) in [5.74, 6) is 0.263. The summed E-state index contributed by atoms with van der Waals surface area (Å²) in [7, 11) is -4.29. The van der Waals surface area contributed by atoms with Gasteiger partial charge in [-0.15, -0.1) is 0 Å². The average molecular weight is 318 g/mol. The van der Waals surface area contributed by atoms with Crippen LogP contribution >= 0.6 is 11.6 Å². The zero-order valence-corrected chi connectivity index (χ0v) is 11.3. The first kappa shape index (κ1) is 16.0. The standard InChI is InChI=1S/C9H11ClF3N3O2S/c1-2-14-8-7(10)3-6(4-15-8)19(17,18)16-5-9(11,12)13/h3-4,16H,2,5H2,1H3,(H,14,15). The van der Waals surface area contributed by atoms with Crippen LogP contribution in [0.2, 0.25) is 5.02 Å². The Labute approximate surface area is 113 Å². The molecule has 1 rings (SSSR count). The minimum Gasteiger partial charge on any atom is -0.369 e. The van der Waals surface area contributed by atoms with Gasteiger partial charge in [-0.1, -0.05) is 11.6 Å². The molecule has 108 valence electrons. The quantitative estimate of drug-likeness (QED) is 0.871. The van der Waals surface area contributed by atoms with Gasteiger partial charge in [-0.05, 0) is 13.0 Å². The van der Waals surface area contributed by atoms with Crippen molar-refractivity contribution in [1.29, 1.82) is 0 Å². The molecule has 0 unspecified atom stereocenters. The largest absolute Gasteiger partial charge is 0.402 e. The molecular weight excluding hydrogens is 307 g/mol. The van der Waals surface area contributed by atoms with Gasteiger partial charge in [0.2, 0.25) is 10.0 Å². The number of halogens is 4. The van der Waals surface area contributed by atoms with E-state index in [1.165, 1.54) is 4.72 Å². The Kier molecular flexibility index (Phi) is 4.99. The summed E-state index contributed by atoms with van der Waals surface area (Å²) in [4.78, 5) is 3.31. The van der Waals surface area contributed by atoms with Crippen molar-refractivity contribution in [3.8, 4) is 0 Å². The fourth-order valence-electron chi connectivity index (χ4n) is 1.13. The Balaban J connectivity index is 2.93. The summed E-state index contributed by atoms with van der Waals surface area (Å²) >= 11 is 5.76. The lowest BCUT2D eigenvalue weighted by molar-refractivity contribution is -0.121. The minimum atomic E-state index is -4.63. The molecule has 0 aliphatic heterocycles. The number of rotatable bonds is 5. The third-order valence-electron chi connectivity index (χ3n) is 1.93. The molecule has 10 heteroatoms. The van der Waals surface area contributed by atoms with Gasteiger partial charge in [0.25, 0.3) is 0 Å².